The molecule has 1 atom stereocenters. The van der Waals surface area contributed by atoms with Crippen molar-refractivity contribution in [2.45, 2.75) is 32.2 Å². The first kappa shape index (κ1) is 11.5. The third-order valence-corrected chi connectivity index (χ3v) is 4.22. The molecule has 0 bridgehead atoms. The average Bonchev–Trinajstić information content (AvgIpc) is 2.88. The molecule has 3 rings (SSSR count). The molecule has 0 radical (unpaired) electrons. The molecule has 0 aliphatic carbocycles. The number of hydrogen-bond acceptors (Lipinski definition) is 5. The minimum atomic E-state index is -0.330. The Hall–Kier alpha value is -1.63. The largest absolute Gasteiger partial charge is 0.373 e. The molecule has 6 nitrogen and oxygen atoms in total. The van der Waals surface area contributed by atoms with Gasteiger partial charge in [0.15, 0.2) is 0 Å². The third-order valence-electron chi connectivity index (χ3n) is 3.47. The van der Waals surface area contributed by atoms with Crippen molar-refractivity contribution in [2.75, 3.05) is 11.4 Å². The van der Waals surface area contributed by atoms with Gasteiger partial charge in [0.05, 0.1) is 0 Å². The third kappa shape index (κ3) is 1.66. The fraction of sp³-hybridized carbons (Fsp3) is 0.545. The molecular formula is C11H14N4O2S. The van der Waals surface area contributed by atoms with Crippen molar-refractivity contribution >= 4 is 27.9 Å². The predicted molar refractivity (Wildman–Crippen MR) is 70.4 cm³/mol. The number of rotatable bonds is 2. The highest BCUT2D eigenvalue weighted by atomic mass is 32.1. The lowest BCUT2D eigenvalue weighted by atomic mass is 10.0. The van der Waals surface area contributed by atoms with Gasteiger partial charge >= 0.3 is 5.82 Å². The number of aromatic nitrogens is 2. The Labute approximate surface area is 108 Å². The Balaban J connectivity index is 2.12. The Morgan fingerprint density at radius 3 is 3.11 bits per heavy atom. The normalized spacial score (nSPS) is 20.5. The number of anilines is 1. The van der Waals surface area contributed by atoms with Crippen LogP contribution in [0.25, 0.3) is 4.96 Å². The summed E-state index contributed by atoms with van der Waals surface area (Å²) in [5.41, 5.74) is 0. The minimum Gasteiger partial charge on any atom is -0.358 e. The molecule has 1 fully saturated rings. The maximum atomic E-state index is 11.3. The topological polar surface area (TPSA) is 63.7 Å². The van der Waals surface area contributed by atoms with Crippen LogP contribution in [-0.2, 0) is 0 Å². The predicted octanol–water partition coefficient (Wildman–Crippen LogP) is 2.68. The lowest BCUT2D eigenvalue weighted by Crippen LogP contribution is -2.38. The number of thiazole rings is 1. The molecule has 18 heavy (non-hydrogen) atoms. The highest BCUT2D eigenvalue weighted by molar-refractivity contribution is 7.15. The van der Waals surface area contributed by atoms with E-state index in [9.17, 15) is 10.1 Å². The zero-order valence-corrected chi connectivity index (χ0v) is 10.9. The molecule has 0 N–H and O–H groups in total. The van der Waals surface area contributed by atoms with E-state index >= 15 is 0 Å². The number of nitrogens with zero attached hydrogens (tertiary/aromatic N) is 4. The molecule has 1 unspecified atom stereocenters. The summed E-state index contributed by atoms with van der Waals surface area (Å²) in [5.74, 6) is 0.624. The maximum Gasteiger partial charge on any atom is 0.373 e. The zero-order chi connectivity index (χ0) is 12.7. The van der Waals surface area contributed by atoms with Gasteiger partial charge in [0, 0.05) is 18.0 Å². The second kappa shape index (κ2) is 4.24. The van der Waals surface area contributed by atoms with Gasteiger partial charge in [0.25, 0.3) is 4.96 Å². The highest BCUT2D eigenvalue weighted by Crippen LogP contribution is 2.34. The lowest BCUT2D eigenvalue weighted by molar-refractivity contribution is -0.389. The van der Waals surface area contributed by atoms with Gasteiger partial charge in [-0.2, -0.15) is 9.38 Å². The van der Waals surface area contributed by atoms with E-state index in [0.717, 1.165) is 19.4 Å². The fourth-order valence-corrected chi connectivity index (χ4v) is 3.24. The SMILES string of the molecule is CC1CCCCN1c1nc2sccn2c1[N+](=O)[O-]. The summed E-state index contributed by atoms with van der Waals surface area (Å²) in [4.78, 5) is 18.1. The van der Waals surface area contributed by atoms with Crippen molar-refractivity contribution in [3.63, 3.8) is 0 Å². The molecule has 0 amide bonds. The van der Waals surface area contributed by atoms with Crippen LogP contribution in [-0.4, -0.2) is 26.9 Å². The van der Waals surface area contributed by atoms with Crippen molar-refractivity contribution < 1.29 is 4.92 Å². The number of hydrogen-bond donors (Lipinski definition) is 0. The first-order valence-corrected chi connectivity index (χ1v) is 6.93. The number of imidazole rings is 1. The summed E-state index contributed by atoms with van der Waals surface area (Å²) in [5, 5.41) is 13.1. The lowest BCUT2D eigenvalue weighted by Gasteiger charge is -2.32. The summed E-state index contributed by atoms with van der Waals surface area (Å²) in [6.45, 7) is 2.96. The van der Waals surface area contributed by atoms with Crippen LogP contribution in [0.4, 0.5) is 11.6 Å². The number of fused-ring (bicyclic) bond motifs is 1. The quantitative estimate of drug-likeness (QED) is 0.619. The molecule has 2 aromatic rings. The van der Waals surface area contributed by atoms with Crippen molar-refractivity contribution in [2.24, 2.45) is 0 Å². The Bertz CT molecular complexity index is 591. The van der Waals surface area contributed by atoms with Gasteiger partial charge in [-0.3, -0.25) is 0 Å². The van der Waals surface area contributed by atoms with Gasteiger partial charge in [-0.15, -0.1) is 0 Å². The summed E-state index contributed by atoms with van der Waals surface area (Å²) in [6, 6.07) is 0.321. The van der Waals surface area contributed by atoms with E-state index in [1.807, 2.05) is 5.38 Å². The molecule has 7 heteroatoms. The van der Waals surface area contributed by atoms with Crippen LogP contribution in [0, 0.1) is 10.1 Å². The first-order valence-electron chi connectivity index (χ1n) is 6.05. The van der Waals surface area contributed by atoms with Crippen molar-refractivity contribution in [3.8, 4) is 0 Å². The molecule has 1 saturated heterocycles. The molecule has 0 saturated carbocycles. The molecule has 96 valence electrons. The van der Waals surface area contributed by atoms with Gasteiger partial charge in [-0.05, 0) is 31.1 Å². The molecule has 1 aliphatic rings. The van der Waals surface area contributed by atoms with E-state index in [-0.39, 0.29) is 10.7 Å². The van der Waals surface area contributed by atoms with E-state index in [1.165, 1.54) is 17.8 Å². The van der Waals surface area contributed by atoms with Crippen LogP contribution in [0.3, 0.4) is 0 Å². The van der Waals surface area contributed by atoms with Crippen LogP contribution in [0.1, 0.15) is 26.2 Å². The van der Waals surface area contributed by atoms with Gasteiger partial charge in [0.1, 0.15) is 6.20 Å². The minimum absolute atomic E-state index is 0.0972. The van der Waals surface area contributed by atoms with Gasteiger partial charge in [-0.1, -0.05) is 11.3 Å². The summed E-state index contributed by atoms with van der Waals surface area (Å²) in [7, 11) is 0. The standard InChI is InChI=1S/C11H14N4O2S/c1-8-4-2-3-5-13(8)9-10(15(16)17)14-6-7-18-11(14)12-9/h6-8H,2-5H2,1H3. The van der Waals surface area contributed by atoms with Gasteiger partial charge < -0.3 is 15.0 Å². The zero-order valence-electron chi connectivity index (χ0n) is 10.1. The molecule has 1 aliphatic heterocycles. The van der Waals surface area contributed by atoms with Gasteiger partial charge in [0.2, 0.25) is 5.82 Å². The van der Waals surface area contributed by atoms with Crippen molar-refractivity contribution in [3.05, 3.63) is 21.7 Å². The number of piperidine rings is 1. The van der Waals surface area contributed by atoms with Crippen LogP contribution in [0.5, 0.6) is 0 Å². The second-order valence-electron chi connectivity index (χ2n) is 4.61. The maximum absolute atomic E-state index is 11.3. The van der Waals surface area contributed by atoms with E-state index in [1.54, 1.807) is 10.6 Å². The van der Waals surface area contributed by atoms with Crippen LogP contribution in [0.15, 0.2) is 11.6 Å². The fourth-order valence-electron chi connectivity index (χ4n) is 2.54. The second-order valence-corrected chi connectivity index (χ2v) is 5.48. The van der Waals surface area contributed by atoms with Gasteiger partial charge in [-0.25, -0.2) is 0 Å². The summed E-state index contributed by atoms with van der Waals surface area (Å²) in [6.07, 6.45) is 5.05. The molecular weight excluding hydrogens is 252 g/mol. The van der Waals surface area contributed by atoms with E-state index < -0.39 is 0 Å². The monoisotopic (exact) mass is 266 g/mol. The molecule has 0 aromatic carbocycles. The van der Waals surface area contributed by atoms with E-state index in [0.29, 0.717) is 16.8 Å². The molecule has 0 spiro atoms. The van der Waals surface area contributed by atoms with E-state index in [2.05, 4.69) is 16.8 Å². The summed E-state index contributed by atoms with van der Waals surface area (Å²) < 4.78 is 1.57. The number of nitro groups is 1. The highest BCUT2D eigenvalue weighted by Gasteiger charge is 2.31. The van der Waals surface area contributed by atoms with Crippen LogP contribution < -0.4 is 4.90 Å². The van der Waals surface area contributed by atoms with Crippen LogP contribution in [0.2, 0.25) is 0 Å². The van der Waals surface area contributed by atoms with E-state index in [4.69, 9.17) is 0 Å². The average molecular weight is 266 g/mol. The Kier molecular flexibility index (Phi) is 2.70. The van der Waals surface area contributed by atoms with Crippen LogP contribution >= 0.6 is 11.3 Å². The van der Waals surface area contributed by atoms with Crippen molar-refractivity contribution in [1.82, 2.24) is 9.38 Å². The summed E-state index contributed by atoms with van der Waals surface area (Å²) >= 11 is 1.43. The molecule has 2 aromatic heterocycles. The Morgan fingerprint density at radius 2 is 2.39 bits per heavy atom. The first-order chi connectivity index (χ1) is 8.68. The Morgan fingerprint density at radius 1 is 1.56 bits per heavy atom. The van der Waals surface area contributed by atoms with Crippen molar-refractivity contribution in [1.29, 1.82) is 0 Å². The molecule has 3 heterocycles. The smallest absolute Gasteiger partial charge is 0.358 e.